The fraction of sp³-hybridized carbons (Fsp3) is 0.500. The molecular formula is C12H16ClNO2. The van der Waals surface area contributed by atoms with Gasteiger partial charge < -0.3 is 15.2 Å². The molecule has 2 unspecified atom stereocenters. The van der Waals surface area contributed by atoms with Crippen LogP contribution in [-0.4, -0.2) is 30.9 Å². The van der Waals surface area contributed by atoms with Crippen molar-refractivity contribution in [3.05, 3.63) is 29.3 Å². The zero-order valence-electron chi connectivity index (χ0n) is 9.03. The predicted molar refractivity (Wildman–Crippen MR) is 63.9 cm³/mol. The molecule has 1 aliphatic rings. The topological polar surface area (TPSA) is 41.5 Å². The molecule has 88 valence electrons. The summed E-state index contributed by atoms with van der Waals surface area (Å²) in [6.45, 7) is 2.19. The van der Waals surface area contributed by atoms with Crippen LogP contribution in [0.1, 0.15) is 6.42 Å². The average Bonchev–Trinajstić information content (AvgIpc) is 2.79. The number of hydrogen-bond donors (Lipinski definition) is 2. The minimum absolute atomic E-state index is 0.305. The maximum atomic E-state index is 9.88. The van der Waals surface area contributed by atoms with E-state index in [1.807, 2.05) is 12.1 Å². The summed E-state index contributed by atoms with van der Waals surface area (Å²) in [5.41, 5.74) is 0. The monoisotopic (exact) mass is 241 g/mol. The van der Waals surface area contributed by atoms with Gasteiger partial charge in [0.2, 0.25) is 0 Å². The molecule has 1 heterocycles. The number of halogens is 1. The molecule has 0 aliphatic carbocycles. The Morgan fingerprint density at radius 2 is 2.44 bits per heavy atom. The van der Waals surface area contributed by atoms with E-state index in [-0.39, 0.29) is 0 Å². The van der Waals surface area contributed by atoms with Crippen LogP contribution in [-0.2, 0) is 0 Å². The van der Waals surface area contributed by atoms with Crippen molar-refractivity contribution in [2.24, 2.45) is 5.92 Å². The van der Waals surface area contributed by atoms with Crippen LogP contribution in [0.3, 0.4) is 0 Å². The number of benzene rings is 1. The Balaban J connectivity index is 1.82. The van der Waals surface area contributed by atoms with E-state index in [1.165, 1.54) is 0 Å². The molecule has 2 N–H and O–H groups in total. The Morgan fingerprint density at radius 1 is 1.56 bits per heavy atom. The lowest BCUT2D eigenvalue weighted by atomic mass is 10.0. The fourth-order valence-corrected chi connectivity index (χ4v) is 2.06. The number of nitrogens with one attached hydrogen (secondary N) is 1. The van der Waals surface area contributed by atoms with Crippen LogP contribution in [0.4, 0.5) is 0 Å². The molecule has 1 aromatic carbocycles. The normalized spacial score (nSPS) is 22.0. The highest BCUT2D eigenvalue weighted by molar-refractivity contribution is 6.30. The molecule has 0 radical (unpaired) electrons. The summed E-state index contributed by atoms with van der Waals surface area (Å²) in [6.07, 6.45) is 0.606. The Hall–Kier alpha value is -0.770. The van der Waals surface area contributed by atoms with Gasteiger partial charge in [-0.15, -0.1) is 0 Å². The van der Waals surface area contributed by atoms with Crippen molar-refractivity contribution in [3.63, 3.8) is 0 Å². The van der Waals surface area contributed by atoms with Crippen LogP contribution < -0.4 is 10.1 Å². The molecule has 0 saturated carbocycles. The fourth-order valence-electron chi connectivity index (χ4n) is 1.88. The second-order valence-electron chi connectivity index (χ2n) is 4.09. The van der Waals surface area contributed by atoms with Crippen molar-refractivity contribution in [1.29, 1.82) is 0 Å². The van der Waals surface area contributed by atoms with Gasteiger partial charge in [0.15, 0.2) is 0 Å². The van der Waals surface area contributed by atoms with Gasteiger partial charge in [0.25, 0.3) is 0 Å². The largest absolute Gasteiger partial charge is 0.491 e. The van der Waals surface area contributed by atoms with Crippen LogP contribution >= 0.6 is 11.6 Å². The van der Waals surface area contributed by atoms with Gasteiger partial charge in [-0.1, -0.05) is 17.7 Å². The van der Waals surface area contributed by atoms with E-state index in [9.17, 15) is 5.11 Å². The van der Waals surface area contributed by atoms with E-state index < -0.39 is 6.10 Å². The first-order valence-electron chi connectivity index (χ1n) is 5.53. The SMILES string of the molecule is OC(COc1cccc(Cl)c1)C1CCNC1. The highest BCUT2D eigenvalue weighted by atomic mass is 35.5. The van der Waals surface area contributed by atoms with Crippen LogP contribution in [0.5, 0.6) is 5.75 Å². The van der Waals surface area contributed by atoms with Crippen molar-refractivity contribution in [2.45, 2.75) is 12.5 Å². The first kappa shape index (κ1) is 11.7. The standard InChI is InChI=1S/C12H16ClNO2/c13-10-2-1-3-11(6-10)16-8-12(15)9-4-5-14-7-9/h1-3,6,9,12,14-15H,4-5,7-8H2. The quantitative estimate of drug-likeness (QED) is 0.843. The van der Waals surface area contributed by atoms with Gasteiger partial charge in [0, 0.05) is 17.5 Å². The second-order valence-corrected chi connectivity index (χ2v) is 4.53. The van der Waals surface area contributed by atoms with Crippen LogP contribution in [0.2, 0.25) is 5.02 Å². The maximum Gasteiger partial charge on any atom is 0.120 e. The molecule has 16 heavy (non-hydrogen) atoms. The Bertz CT molecular complexity index is 340. The van der Waals surface area contributed by atoms with E-state index in [0.717, 1.165) is 19.5 Å². The summed E-state index contributed by atoms with van der Waals surface area (Å²) in [6, 6.07) is 7.22. The molecule has 0 amide bonds. The summed E-state index contributed by atoms with van der Waals surface area (Å²) in [5.74, 6) is 1.01. The third kappa shape index (κ3) is 3.11. The van der Waals surface area contributed by atoms with Gasteiger partial charge in [-0.25, -0.2) is 0 Å². The number of aliphatic hydroxyl groups excluding tert-OH is 1. The van der Waals surface area contributed by atoms with Gasteiger partial charge in [-0.3, -0.25) is 0 Å². The lowest BCUT2D eigenvalue weighted by Gasteiger charge is -2.17. The van der Waals surface area contributed by atoms with Gasteiger partial charge in [0.05, 0.1) is 6.10 Å². The molecule has 0 aromatic heterocycles. The zero-order valence-corrected chi connectivity index (χ0v) is 9.78. The summed E-state index contributed by atoms with van der Waals surface area (Å²) < 4.78 is 5.50. The van der Waals surface area contributed by atoms with Crippen molar-refractivity contribution in [3.8, 4) is 5.75 Å². The molecule has 4 heteroatoms. The van der Waals surface area contributed by atoms with E-state index >= 15 is 0 Å². The average molecular weight is 242 g/mol. The van der Waals surface area contributed by atoms with Crippen molar-refractivity contribution in [2.75, 3.05) is 19.7 Å². The molecule has 1 fully saturated rings. The lowest BCUT2D eigenvalue weighted by Crippen LogP contribution is -2.28. The second kappa shape index (κ2) is 5.53. The Labute approximate surface area is 100 Å². The number of hydrogen-bond acceptors (Lipinski definition) is 3. The molecule has 0 bridgehead atoms. The highest BCUT2D eigenvalue weighted by Crippen LogP contribution is 2.19. The van der Waals surface area contributed by atoms with Crippen molar-refractivity contribution in [1.82, 2.24) is 5.32 Å². The summed E-state index contributed by atoms with van der Waals surface area (Å²) in [7, 11) is 0. The minimum Gasteiger partial charge on any atom is -0.491 e. The van der Waals surface area contributed by atoms with Crippen LogP contribution in [0, 0.1) is 5.92 Å². The van der Waals surface area contributed by atoms with Crippen LogP contribution in [0.15, 0.2) is 24.3 Å². The van der Waals surface area contributed by atoms with Crippen molar-refractivity contribution >= 4 is 11.6 Å². The molecule has 1 saturated heterocycles. The third-order valence-corrected chi connectivity index (χ3v) is 3.09. The predicted octanol–water partition coefficient (Wildman–Crippen LogP) is 1.69. The number of ether oxygens (including phenoxy) is 1. The molecule has 1 aromatic rings. The van der Waals surface area contributed by atoms with Gasteiger partial charge in [0.1, 0.15) is 12.4 Å². The van der Waals surface area contributed by atoms with Gasteiger partial charge in [-0.2, -0.15) is 0 Å². The first-order valence-corrected chi connectivity index (χ1v) is 5.90. The molecule has 2 atom stereocenters. The third-order valence-electron chi connectivity index (χ3n) is 2.86. The van der Waals surface area contributed by atoms with Gasteiger partial charge in [-0.05, 0) is 31.2 Å². The van der Waals surface area contributed by atoms with Crippen LogP contribution in [0.25, 0.3) is 0 Å². The lowest BCUT2D eigenvalue weighted by molar-refractivity contribution is 0.0641. The Morgan fingerprint density at radius 3 is 3.12 bits per heavy atom. The minimum atomic E-state index is -0.408. The first-order chi connectivity index (χ1) is 7.75. The molecule has 2 rings (SSSR count). The molecular weight excluding hydrogens is 226 g/mol. The van der Waals surface area contributed by atoms with E-state index in [0.29, 0.717) is 23.3 Å². The summed E-state index contributed by atoms with van der Waals surface area (Å²) in [4.78, 5) is 0. The molecule has 3 nitrogen and oxygen atoms in total. The summed E-state index contributed by atoms with van der Waals surface area (Å²) >= 11 is 5.83. The maximum absolute atomic E-state index is 9.88. The van der Waals surface area contributed by atoms with Crippen molar-refractivity contribution < 1.29 is 9.84 Å². The number of rotatable bonds is 4. The van der Waals surface area contributed by atoms with E-state index in [2.05, 4.69) is 5.32 Å². The highest BCUT2D eigenvalue weighted by Gasteiger charge is 2.23. The zero-order chi connectivity index (χ0) is 11.4. The van der Waals surface area contributed by atoms with E-state index in [4.69, 9.17) is 16.3 Å². The summed E-state index contributed by atoms with van der Waals surface area (Å²) in [5, 5.41) is 13.8. The van der Waals surface area contributed by atoms with Gasteiger partial charge >= 0.3 is 0 Å². The van der Waals surface area contributed by atoms with E-state index in [1.54, 1.807) is 12.1 Å². The molecule has 1 aliphatic heterocycles. The number of aliphatic hydroxyl groups is 1. The Kier molecular flexibility index (Phi) is 4.04. The smallest absolute Gasteiger partial charge is 0.120 e. The molecule has 0 spiro atoms.